The zero-order valence-electron chi connectivity index (χ0n) is 11.6. The first-order valence-electron chi connectivity index (χ1n) is 6.71. The Morgan fingerprint density at radius 3 is 2.58 bits per heavy atom. The predicted molar refractivity (Wildman–Crippen MR) is 81.0 cm³/mol. The summed E-state index contributed by atoms with van der Waals surface area (Å²) >= 11 is 3.42. The molecule has 4 heteroatoms. The van der Waals surface area contributed by atoms with Gasteiger partial charge in [-0.2, -0.15) is 0 Å². The van der Waals surface area contributed by atoms with E-state index in [1.807, 2.05) is 38.1 Å². The van der Waals surface area contributed by atoms with E-state index in [0.29, 0.717) is 12.8 Å². The molecule has 3 nitrogen and oxygen atoms in total. The standard InChI is InChI=1S/C15H22BrNO2/c1-3-15(4-2,11-18)17-14(19)9-8-12-6-5-7-13(16)10-12/h5-7,10,18H,3-4,8-9,11H2,1-2H3,(H,17,19). The lowest BCUT2D eigenvalue weighted by molar-refractivity contribution is -0.123. The summed E-state index contributed by atoms with van der Waals surface area (Å²) in [5.41, 5.74) is 0.668. The maximum absolute atomic E-state index is 12.0. The molecule has 0 heterocycles. The van der Waals surface area contributed by atoms with E-state index in [0.717, 1.165) is 22.9 Å². The second-order valence-electron chi connectivity index (χ2n) is 4.82. The minimum Gasteiger partial charge on any atom is -0.394 e. The number of carbonyl (C=O) groups excluding carboxylic acids is 1. The normalized spacial score (nSPS) is 11.4. The number of amides is 1. The van der Waals surface area contributed by atoms with E-state index >= 15 is 0 Å². The van der Waals surface area contributed by atoms with Gasteiger partial charge in [-0.15, -0.1) is 0 Å². The predicted octanol–water partition coefficient (Wildman–Crippen LogP) is 3.05. The first-order chi connectivity index (χ1) is 9.05. The van der Waals surface area contributed by atoms with Crippen LogP contribution in [0.15, 0.2) is 28.7 Å². The van der Waals surface area contributed by atoms with E-state index in [1.165, 1.54) is 0 Å². The van der Waals surface area contributed by atoms with Gasteiger partial charge < -0.3 is 10.4 Å². The van der Waals surface area contributed by atoms with Crippen molar-refractivity contribution in [3.05, 3.63) is 34.3 Å². The van der Waals surface area contributed by atoms with E-state index in [9.17, 15) is 9.90 Å². The number of aliphatic hydroxyl groups excluding tert-OH is 1. The zero-order chi connectivity index (χ0) is 14.3. The van der Waals surface area contributed by atoms with E-state index in [1.54, 1.807) is 0 Å². The molecule has 1 aromatic rings. The molecule has 1 rings (SSSR count). The molecule has 0 bridgehead atoms. The van der Waals surface area contributed by atoms with E-state index < -0.39 is 5.54 Å². The van der Waals surface area contributed by atoms with E-state index in [4.69, 9.17) is 0 Å². The maximum Gasteiger partial charge on any atom is 0.220 e. The van der Waals surface area contributed by atoms with Crippen LogP contribution in [0.3, 0.4) is 0 Å². The summed E-state index contributed by atoms with van der Waals surface area (Å²) in [6, 6.07) is 7.96. The second-order valence-corrected chi connectivity index (χ2v) is 5.74. The first kappa shape index (κ1) is 16.2. The summed E-state index contributed by atoms with van der Waals surface area (Å²) in [7, 11) is 0. The number of nitrogens with one attached hydrogen (secondary N) is 1. The SMILES string of the molecule is CCC(CC)(CO)NC(=O)CCc1cccc(Br)c1. The van der Waals surface area contributed by atoms with Crippen molar-refractivity contribution in [1.82, 2.24) is 5.32 Å². The topological polar surface area (TPSA) is 49.3 Å². The molecule has 0 fully saturated rings. The van der Waals surface area contributed by atoms with Crippen LogP contribution in [0.4, 0.5) is 0 Å². The molecule has 0 saturated carbocycles. The lowest BCUT2D eigenvalue weighted by Gasteiger charge is -2.30. The first-order valence-corrected chi connectivity index (χ1v) is 7.51. The van der Waals surface area contributed by atoms with Crippen molar-refractivity contribution in [2.45, 2.75) is 45.1 Å². The third-order valence-corrected chi connectivity index (χ3v) is 4.08. The summed E-state index contributed by atoms with van der Waals surface area (Å²) in [6.07, 6.45) is 2.63. The Kier molecular flexibility index (Phi) is 6.52. The number of aryl methyl sites for hydroxylation is 1. The number of rotatable bonds is 7. The van der Waals surface area contributed by atoms with Crippen LogP contribution in [0, 0.1) is 0 Å². The zero-order valence-corrected chi connectivity index (χ0v) is 13.2. The van der Waals surface area contributed by atoms with Crippen molar-refractivity contribution < 1.29 is 9.90 Å². The average molecular weight is 328 g/mol. The van der Waals surface area contributed by atoms with Crippen LogP contribution >= 0.6 is 15.9 Å². The lowest BCUT2D eigenvalue weighted by atomic mass is 9.93. The molecule has 0 aliphatic rings. The van der Waals surface area contributed by atoms with Crippen LogP contribution in [0.1, 0.15) is 38.7 Å². The summed E-state index contributed by atoms with van der Waals surface area (Å²) in [4.78, 5) is 12.0. The van der Waals surface area contributed by atoms with E-state index in [-0.39, 0.29) is 12.5 Å². The fourth-order valence-corrected chi connectivity index (χ4v) is 2.45. The molecule has 1 amide bonds. The molecule has 2 N–H and O–H groups in total. The van der Waals surface area contributed by atoms with Crippen LogP contribution in [0.5, 0.6) is 0 Å². The highest BCUT2D eigenvalue weighted by molar-refractivity contribution is 9.10. The Morgan fingerprint density at radius 1 is 1.37 bits per heavy atom. The number of halogens is 1. The molecule has 0 saturated heterocycles. The van der Waals surface area contributed by atoms with Gasteiger partial charge >= 0.3 is 0 Å². The monoisotopic (exact) mass is 327 g/mol. The lowest BCUT2D eigenvalue weighted by Crippen LogP contribution is -2.50. The Morgan fingerprint density at radius 2 is 2.05 bits per heavy atom. The van der Waals surface area contributed by atoms with Crippen LogP contribution < -0.4 is 5.32 Å². The van der Waals surface area contributed by atoms with Gasteiger partial charge in [-0.25, -0.2) is 0 Å². The molecule has 0 atom stereocenters. The molecule has 1 aromatic carbocycles. The van der Waals surface area contributed by atoms with Gasteiger partial charge in [0, 0.05) is 10.9 Å². The molecule has 19 heavy (non-hydrogen) atoms. The highest BCUT2D eigenvalue weighted by atomic mass is 79.9. The molecule has 0 radical (unpaired) electrons. The summed E-state index contributed by atoms with van der Waals surface area (Å²) in [5.74, 6) is -0.00211. The van der Waals surface area contributed by atoms with Crippen LogP contribution in [0.2, 0.25) is 0 Å². The number of hydrogen-bond acceptors (Lipinski definition) is 2. The van der Waals surface area contributed by atoms with Gasteiger partial charge in [-0.3, -0.25) is 4.79 Å². The smallest absolute Gasteiger partial charge is 0.220 e. The number of aliphatic hydroxyl groups is 1. The van der Waals surface area contributed by atoms with Gasteiger partial charge in [-0.05, 0) is 37.0 Å². The van der Waals surface area contributed by atoms with Crippen molar-refractivity contribution in [1.29, 1.82) is 0 Å². The van der Waals surface area contributed by atoms with Crippen molar-refractivity contribution in [2.75, 3.05) is 6.61 Å². The summed E-state index contributed by atoms with van der Waals surface area (Å²) in [6.45, 7) is 3.95. The quantitative estimate of drug-likeness (QED) is 0.808. The van der Waals surface area contributed by atoms with Crippen LogP contribution in [0.25, 0.3) is 0 Å². The molecule has 0 spiro atoms. The Balaban J connectivity index is 2.52. The van der Waals surface area contributed by atoms with Gasteiger partial charge in [0.2, 0.25) is 5.91 Å². The van der Waals surface area contributed by atoms with Crippen molar-refractivity contribution in [2.24, 2.45) is 0 Å². The van der Waals surface area contributed by atoms with Gasteiger partial charge in [0.15, 0.2) is 0 Å². The van der Waals surface area contributed by atoms with Gasteiger partial charge in [0.05, 0.1) is 12.1 Å². The number of hydrogen-bond donors (Lipinski definition) is 2. The second kappa shape index (κ2) is 7.65. The number of benzene rings is 1. The number of carbonyl (C=O) groups is 1. The Labute approximate surface area is 123 Å². The molecule has 0 aliphatic carbocycles. The fourth-order valence-electron chi connectivity index (χ4n) is 2.00. The Bertz CT molecular complexity index is 408. The average Bonchev–Trinajstić information content (AvgIpc) is 2.43. The fraction of sp³-hybridized carbons (Fsp3) is 0.533. The largest absolute Gasteiger partial charge is 0.394 e. The third-order valence-electron chi connectivity index (χ3n) is 3.59. The minimum atomic E-state index is -0.464. The molecule has 106 valence electrons. The van der Waals surface area contributed by atoms with E-state index in [2.05, 4.69) is 21.2 Å². The van der Waals surface area contributed by atoms with Crippen LogP contribution in [-0.2, 0) is 11.2 Å². The van der Waals surface area contributed by atoms with Gasteiger partial charge in [-0.1, -0.05) is 41.9 Å². The Hall–Kier alpha value is -0.870. The minimum absolute atomic E-state index is 0.00211. The third kappa shape index (κ3) is 4.96. The highest BCUT2D eigenvalue weighted by Crippen LogP contribution is 2.16. The van der Waals surface area contributed by atoms with Crippen molar-refractivity contribution >= 4 is 21.8 Å². The molecule has 0 aliphatic heterocycles. The van der Waals surface area contributed by atoms with Crippen LogP contribution in [-0.4, -0.2) is 23.2 Å². The summed E-state index contributed by atoms with van der Waals surface area (Å²) < 4.78 is 1.03. The maximum atomic E-state index is 12.0. The molecule has 0 aromatic heterocycles. The molecular formula is C15H22BrNO2. The molecule has 0 unspecified atom stereocenters. The van der Waals surface area contributed by atoms with Gasteiger partial charge in [0.25, 0.3) is 0 Å². The van der Waals surface area contributed by atoms with Crippen molar-refractivity contribution in [3.8, 4) is 0 Å². The summed E-state index contributed by atoms with van der Waals surface area (Å²) in [5, 5.41) is 12.4. The molecular weight excluding hydrogens is 306 g/mol. The van der Waals surface area contributed by atoms with Gasteiger partial charge in [0.1, 0.15) is 0 Å². The highest BCUT2D eigenvalue weighted by Gasteiger charge is 2.26. The van der Waals surface area contributed by atoms with Crippen molar-refractivity contribution in [3.63, 3.8) is 0 Å².